The first kappa shape index (κ1) is 18.7. The number of rotatable bonds is 5. The van der Waals surface area contributed by atoms with Crippen LogP contribution in [0.5, 0.6) is 5.75 Å². The molecule has 0 spiro atoms. The van der Waals surface area contributed by atoms with E-state index in [1.807, 2.05) is 54.6 Å². The highest BCUT2D eigenvalue weighted by atomic mass is 79.9. The number of hydrogen-bond donors (Lipinski definition) is 1. The zero-order valence-electron chi connectivity index (χ0n) is 15.1. The first-order valence-corrected chi connectivity index (χ1v) is 10.3. The van der Waals surface area contributed by atoms with E-state index in [1.54, 1.807) is 11.3 Å². The topological polar surface area (TPSA) is 51.2 Å². The quantitative estimate of drug-likeness (QED) is 0.400. The molecule has 0 aliphatic heterocycles. The lowest BCUT2D eigenvalue weighted by Gasteiger charge is -2.09. The molecule has 3 aromatic carbocycles. The largest absolute Gasteiger partial charge is 0.483 e. The number of thiazole rings is 1. The molecule has 4 aromatic rings. The van der Waals surface area contributed by atoms with Crippen LogP contribution in [0.3, 0.4) is 0 Å². The fourth-order valence-electron chi connectivity index (χ4n) is 2.75. The van der Waals surface area contributed by atoms with Crippen molar-refractivity contribution in [3.8, 4) is 16.3 Å². The zero-order chi connectivity index (χ0) is 19.5. The standard InChI is InChI=1S/C22H17BrN2O2S/c1-14-6-11-18-20(12-14)28-22(25-18)15-7-9-16(10-8-15)24-21(26)13-27-19-5-3-2-4-17(19)23/h2-12H,13H2,1H3,(H,24,26). The predicted molar refractivity (Wildman–Crippen MR) is 118 cm³/mol. The van der Waals surface area contributed by atoms with Gasteiger partial charge in [-0.05, 0) is 76.9 Å². The smallest absolute Gasteiger partial charge is 0.262 e. The molecule has 4 nitrogen and oxygen atoms in total. The third-order valence-electron chi connectivity index (χ3n) is 4.15. The number of benzene rings is 3. The van der Waals surface area contributed by atoms with Gasteiger partial charge in [-0.15, -0.1) is 11.3 Å². The number of anilines is 1. The molecule has 28 heavy (non-hydrogen) atoms. The van der Waals surface area contributed by atoms with Crippen LogP contribution in [0.25, 0.3) is 20.8 Å². The maximum atomic E-state index is 12.1. The summed E-state index contributed by atoms with van der Waals surface area (Å²) in [5.41, 5.74) is 3.99. The Hall–Kier alpha value is -2.70. The Morgan fingerprint density at radius 3 is 2.68 bits per heavy atom. The monoisotopic (exact) mass is 452 g/mol. The van der Waals surface area contributed by atoms with E-state index in [0.29, 0.717) is 5.75 Å². The maximum Gasteiger partial charge on any atom is 0.262 e. The molecule has 0 bridgehead atoms. The predicted octanol–water partition coefficient (Wildman–Crippen LogP) is 6.05. The van der Waals surface area contributed by atoms with Gasteiger partial charge in [-0.3, -0.25) is 4.79 Å². The van der Waals surface area contributed by atoms with Crippen LogP contribution in [-0.2, 0) is 4.79 Å². The van der Waals surface area contributed by atoms with Crippen molar-refractivity contribution in [1.29, 1.82) is 0 Å². The SMILES string of the molecule is Cc1ccc2nc(-c3ccc(NC(=O)COc4ccccc4Br)cc3)sc2c1. The van der Waals surface area contributed by atoms with Gasteiger partial charge in [-0.25, -0.2) is 4.98 Å². The van der Waals surface area contributed by atoms with Crippen molar-refractivity contribution >= 4 is 49.1 Å². The van der Waals surface area contributed by atoms with Gasteiger partial charge in [0.25, 0.3) is 5.91 Å². The number of ether oxygens (including phenoxy) is 1. The van der Waals surface area contributed by atoms with Gasteiger partial charge in [0.15, 0.2) is 6.61 Å². The van der Waals surface area contributed by atoms with Gasteiger partial charge in [0.05, 0.1) is 14.7 Å². The Kier molecular flexibility index (Phi) is 5.41. The molecule has 0 radical (unpaired) electrons. The van der Waals surface area contributed by atoms with E-state index >= 15 is 0 Å². The molecule has 0 aliphatic carbocycles. The van der Waals surface area contributed by atoms with Gasteiger partial charge < -0.3 is 10.1 Å². The Bertz CT molecular complexity index is 1140. The van der Waals surface area contributed by atoms with Crippen LogP contribution in [0, 0.1) is 6.92 Å². The van der Waals surface area contributed by atoms with Crippen molar-refractivity contribution in [2.75, 3.05) is 11.9 Å². The summed E-state index contributed by atoms with van der Waals surface area (Å²) in [6.07, 6.45) is 0. The normalized spacial score (nSPS) is 10.8. The van der Waals surface area contributed by atoms with Gasteiger partial charge in [0.1, 0.15) is 10.8 Å². The summed E-state index contributed by atoms with van der Waals surface area (Å²) in [4.78, 5) is 16.8. The number of fused-ring (bicyclic) bond motifs is 1. The van der Waals surface area contributed by atoms with E-state index in [0.717, 1.165) is 26.2 Å². The van der Waals surface area contributed by atoms with Crippen LogP contribution in [0.15, 0.2) is 71.2 Å². The van der Waals surface area contributed by atoms with E-state index in [9.17, 15) is 4.79 Å². The van der Waals surface area contributed by atoms with Gasteiger partial charge in [-0.1, -0.05) is 18.2 Å². The Balaban J connectivity index is 1.41. The number of hydrogen-bond acceptors (Lipinski definition) is 4. The van der Waals surface area contributed by atoms with Crippen LogP contribution in [0.2, 0.25) is 0 Å². The summed E-state index contributed by atoms with van der Waals surface area (Å²) in [6.45, 7) is 2.03. The average Bonchev–Trinajstić information content (AvgIpc) is 3.11. The molecule has 0 saturated carbocycles. The molecular formula is C22H17BrN2O2S. The maximum absolute atomic E-state index is 12.1. The van der Waals surface area contributed by atoms with Crippen molar-refractivity contribution < 1.29 is 9.53 Å². The van der Waals surface area contributed by atoms with E-state index in [-0.39, 0.29) is 12.5 Å². The molecule has 0 saturated heterocycles. The molecule has 0 aliphatic rings. The highest BCUT2D eigenvalue weighted by molar-refractivity contribution is 9.10. The number of nitrogens with zero attached hydrogens (tertiary/aromatic N) is 1. The minimum Gasteiger partial charge on any atom is -0.483 e. The lowest BCUT2D eigenvalue weighted by atomic mass is 10.2. The third-order valence-corrected chi connectivity index (χ3v) is 5.88. The minimum absolute atomic E-state index is 0.0540. The van der Waals surface area contributed by atoms with Crippen LogP contribution in [-0.4, -0.2) is 17.5 Å². The second-order valence-electron chi connectivity index (χ2n) is 6.33. The van der Waals surface area contributed by atoms with Gasteiger partial charge in [0.2, 0.25) is 0 Å². The van der Waals surface area contributed by atoms with Crippen LogP contribution >= 0.6 is 27.3 Å². The minimum atomic E-state index is -0.209. The Labute approximate surface area is 175 Å². The first-order valence-electron chi connectivity index (χ1n) is 8.73. The summed E-state index contributed by atoms with van der Waals surface area (Å²) in [5.74, 6) is 0.429. The van der Waals surface area contributed by atoms with E-state index in [1.165, 1.54) is 10.3 Å². The fraction of sp³-hybridized carbons (Fsp3) is 0.0909. The summed E-state index contributed by atoms with van der Waals surface area (Å²) in [6, 6.07) is 21.4. The molecule has 0 unspecified atom stereocenters. The highest BCUT2D eigenvalue weighted by Crippen LogP contribution is 2.31. The molecule has 1 aromatic heterocycles. The molecule has 140 valence electrons. The summed E-state index contributed by atoms with van der Waals surface area (Å²) in [5, 5.41) is 3.82. The van der Waals surface area contributed by atoms with Crippen LogP contribution in [0.4, 0.5) is 5.69 Å². The lowest BCUT2D eigenvalue weighted by Crippen LogP contribution is -2.20. The fourth-order valence-corrected chi connectivity index (χ4v) is 4.22. The number of halogens is 1. The number of aryl methyl sites for hydroxylation is 1. The zero-order valence-corrected chi connectivity index (χ0v) is 17.5. The molecule has 6 heteroatoms. The molecule has 0 atom stereocenters. The molecule has 1 amide bonds. The number of aromatic nitrogens is 1. The van der Waals surface area contributed by atoms with E-state index < -0.39 is 0 Å². The van der Waals surface area contributed by atoms with Crippen LogP contribution in [0.1, 0.15) is 5.56 Å². The Morgan fingerprint density at radius 1 is 1.11 bits per heavy atom. The third kappa shape index (κ3) is 4.24. The Morgan fingerprint density at radius 2 is 1.89 bits per heavy atom. The first-order chi connectivity index (χ1) is 13.6. The number of carbonyl (C=O) groups excluding carboxylic acids is 1. The number of para-hydroxylation sites is 1. The lowest BCUT2D eigenvalue weighted by molar-refractivity contribution is -0.118. The highest BCUT2D eigenvalue weighted by Gasteiger charge is 2.09. The van der Waals surface area contributed by atoms with Gasteiger partial charge in [-0.2, -0.15) is 0 Å². The van der Waals surface area contributed by atoms with E-state index in [4.69, 9.17) is 9.72 Å². The van der Waals surface area contributed by atoms with Crippen molar-refractivity contribution in [3.05, 3.63) is 76.8 Å². The van der Waals surface area contributed by atoms with Crippen molar-refractivity contribution in [2.45, 2.75) is 6.92 Å². The number of amides is 1. The summed E-state index contributed by atoms with van der Waals surface area (Å²) in [7, 11) is 0. The molecule has 0 fully saturated rings. The van der Waals surface area contributed by atoms with Gasteiger partial charge >= 0.3 is 0 Å². The molecule has 4 rings (SSSR count). The van der Waals surface area contributed by atoms with Gasteiger partial charge in [0, 0.05) is 11.3 Å². The molecule has 1 heterocycles. The van der Waals surface area contributed by atoms with E-state index in [2.05, 4.69) is 40.3 Å². The van der Waals surface area contributed by atoms with Crippen molar-refractivity contribution in [3.63, 3.8) is 0 Å². The molecule has 1 N–H and O–H groups in total. The van der Waals surface area contributed by atoms with Crippen molar-refractivity contribution in [1.82, 2.24) is 4.98 Å². The van der Waals surface area contributed by atoms with Crippen LogP contribution < -0.4 is 10.1 Å². The number of carbonyl (C=O) groups is 1. The van der Waals surface area contributed by atoms with Crippen molar-refractivity contribution in [2.24, 2.45) is 0 Å². The summed E-state index contributed by atoms with van der Waals surface area (Å²) < 4.78 is 7.54. The average molecular weight is 453 g/mol. The number of nitrogens with one attached hydrogen (secondary N) is 1. The second-order valence-corrected chi connectivity index (χ2v) is 8.22. The summed E-state index contributed by atoms with van der Waals surface area (Å²) >= 11 is 5.07. The molecular weight excluding hydrogens is 436 g/mol. The second kappa shape index (κ2) is 8.12.